The van der Waals surface area contributed by atoms with Crippen molar-refractivity contribution in [1.82, 2.24) is 14.9 Å². The third-order valence-corrected chi connectivity index (χ3v) is 4.39. The summed E-state index contributed by atoms with van der Waals surface area (Å²) in [5.74, 6) is -0.219. The van der Waals surface area contributed by atoms with Crippen LogP contribution in [0.2, 0.25) is 0 Å². The first kappa shape index (κ1) is 17.2. The van der Waals surface area contributed by atoms with Gasteiger partial charge in [-0.1, -0.05) is 36.8 Å². The Balaban J connectivity index is 1.66. The predicted molar refractivity (Wildman–Crippen MR) is 92.2 cm³/mol. The first-order valence-electron chi connectivity index (χ1n) is 8.22. The number of halogens is 1. The number of benzene rings is 1. The van der Waals surface area contributed by atoms with Crippen molar-refractivity contribution in [2.24, 2.45) is 5.92 Å². The Labute approximate surface area is 145 Å². The zero-order chi connectivity index (χ0) is 17.8. The number of aromatic nitrogens is 2. The van der Waals surface area contributed by atoms with E-state index < -0.39 is 5.97 Å². The van der Waals surface area contributed by atoms with Crippen LogP contribution in [0.3, 0.4) is 0 Å². The zero-order valence-electron chi connectivity index (χ0n) is 14.0. The van der Waals surface area contributed by atoms with E-state index in [2.05, 4.69) is 14.9 Å². The molecule has 0 saturated heterocycles. The highest BCUT2D eigenvalue weighted by Gasteiger charge is 2.21. The monoisotopic (exact) mass is 341 g/mol. The van der Waals surface area contributed by atoms with Crippen LogP contribution in [0.5, 0.6) is 0 Å². The van der Waals surface area contributed by atoms with Crippen LogP contribution in [0, 0.1) is 11.7 Å². The molecule has 0 saturated carbocycles. The molecular weight excluding hydrogens is 321 g/mol. The van der Waals surface area contributed by atoms with Crippen LogP contribution in [0.1, 0.15) is 19.2 Å². The number of rotatable bonds is 5. The molecule has 1 unspecified atom stereocenters. The highest BCUT2D eigenvalue weighted by atomic mass is 19.1. The van der Waals surface area contributed by atoms with E-state index in [4.69, 9.17) is 5.11 Å². The van der Waals surface area contributed by atoms with E-state index in [9.17, 15) is 9.18 Å². The summed E-state index contributed by atoms with van der Waals surface area (Å²) in [5, 5.41) is 8.92. The largest absolute Gasteiger partial charge is 0.481 e. The first-order chi connectivity index (χ1) is 12.0. The van der Waals surface area contributed by atoms with E-state index in [-0.39, 0.29) is 18.2 Å². The lowest BCUT2D eigenvalue weighted by Gasteiger charge is -2.30. The molecule has 0 spiro atoms. The van der Waals surface area contributed by atoms with E-state index in [1.807, 2.05) is 13.0 Å². The smallest absolute Gasteiger partial charge is 0.307 e. The zero-order valence-corrected chi connectivity index (χ0v) is 14.0. The molecule has 1 atom stereocenters. The summed E-state index contributed by atoms with van der Waals surface area (Å²) in [6.45, 7) is 4.07. The second kappa shape index (κ2) is 7.53. The standard InChI is InChI=1S/C19H20FN3O2/c1-13-11-23(7-6-14(13)8-19(24)25)12-18-21-9-15(10-22-18)16-4-2-3-5-17(16)20/h2-6,9-10,13H,7-8,11-12H2,1H3,(H,24,25). The van der Waals surface area contributed by atoms with E-state index in [0.717, 1.165) is 12.1 Å². The third kappa shape index (κ3) is 4.28. The molecule has 2 aromatic rings. The summed E-state index contributed by atoms with van der Waals surface area (Å²) in [6.07, 6.45) is 5.36. The molecule has 0 radical (unpaired) electrons. The van der Waals surface area contributed by atoms with Gasteiger partial charge in [0.05, 0.1) is 13.0 Å². The second-order valence-electron chi connectivity index (χ2n) is 6.31. The number of carbonyl (C=O) groups is 1. The van der Waals surface area contributed by atoms with E-state index in [0.29, 0.717) is 30.0 Å². The van der Waals surface area contributed by atoms with Crippen LogP contribution >= 0.6 is 0 Å². The molecule has 1 aliphatic rings. The number of aliphatic carboxylic acids is 1. The fourth-order valence-electron chi connectivity index (χ4n) is 3.05. The van der Waals surface area contributed by atoms with E-state index in [1.54, 1.807) is 30.6 Å². The molecular formula is C19H20FN3O2. The van der Waals surface area contributed by atoms with Gasteiger partial charge in [-0.15, -0.1) is 0 Å². The third-order valence-electron chi connectivity index (χ3n) is 4.39. The summed E-state index contributed by atoms with van der Waals surface area (Å²) in [6, 6.07) is 6.55. The topological polar surface area (TPSA) is 66.3 Å². The lowest BCUT2D eigenvalue weighted by Crippen LogP contribution is -2.34. The molecule has 6 heteroatoms. The maximum Gasteiger partial charge on any atom is 0.307 e. The van der Waals surface area contributed by atoms with Crippen molar-refractivity contribution in [3.8, 4) is 11.1 Å². The van der Waals surface area contributed by atoms with Gasteiger partial charge in [-0.2, -0.15) is 0 Å². The average Bonchev–Trinajstić information content (AvgIpc) is 2.58. The van der Waals surface area contributed by atoms with Gasteiger partial charge in [-0.05, 0) is 12.0 Å². The molecule has 0 bridgehead atoms. The lowest BCUT2D eigenvalue weighted by atomic mass is 9.94. The molecule has 1 aromatic carbocycles. The maximum atomic E-state index is 13.8. The molecule has 25 heavy (non-hydrogen) atoms. The Morgan fingerprint density at radius 1 is 1.32 bits per heavy atom. The number of hydrogen-bond donors (Lipinski definition) is 1. The molecule has 130 valence electrons. The molecule has 1 aliphatic heterocycles. The minimum absolute atomic E-state index is 0.100. The molecule has 2 heterocycles. The van der Waals surface area contributed by atoms with Gasteiger partial charge in [0.15, 0.2) is 0 Å². The maximum absolute atomic E-state index is 13.8. The van der Waals surface area contributed by atoms with Crippen LogP contribution in [0.15, 0.2) is 48.3 Å². The Kier molecular flexibility index (Phi) is 5.19. The van der Waals surface area contributed by atoms with Crippen molar-refractivity contribution >= 4 is 5.97 Å². The normalized spacial score (nSPS) is 18.0. The van der Waals surface area contributed by atoms with Gasteiger partial charge in [0.2, 0.25) is 0 Å². The number of carboxylic acid groups (broad SMARTS) is 1. The summed E-state index contributed by atoms with van der Waals surface area (Å²) >= 11 is 0. The number of carboxylic acids is 1. The molecule has 1 N–H and O–H groups in total. The fourth-order valence-corrected chi connectivity index (χ4v) is 3.05. The molecule has 0 amide bonds. The van der Waals surface area contributed by atoms with Crippen LogP contribution in [-0.4, -0.2) is 39.0 Å². The van der Waals surface area contributed by atoms with Crippen molar-refractivity contribution in [2.75, 3.05) is 13.1 Å². The summed E-state index contributed by atoms with van der Waals surface area (Å²) in [7, 11) is 0. The van der Waals surface area contributed by atoms with Crippen LogP contribution in [0.25, 0.3) is 11.1 Å². The highest BCUT2D eigenvalue weighted by molar-refractivity contribution is 5.70. The van der Waals surface area contributed by atoms with Crippen molar-refractivity contribution < 1.29 is 14.3 Å². The first-order valence-corrected chi connectivity index (χ1v) is 8.22. The van der Waals surface area contributed by atoms with Crippen molar-refractivity contribution in [2.45, 2.75) is 19.9 Å². The minimum atomic E-state index is -0.793. The van der Waals surface area contributed by atoms with Crippen LogP contribution < -0.4 is 0 Å². The Morgan fingerprint density at radius 3 is 2.68 bits per heavy atom. The predicted octanol–water partition coefficient (Wildman–Crippen LogP) is 3.14. The SMILES string of the molecule is CC1CN(Cc2ncc(-c3ccccc3F)cn2)CC=C1CC(=O)O. The van der Waals surface area contributed by atoms with Crippen molar-refractivity contribution in [3.05, 3.63) is 59.9 Å². The summed E-state index contributed by atoms with van der Waals surface area (Å²) in [4.78, 5) is 21.7. The Morgan fingerprint density at radius 2 is 2.04 bits per heavy atom. The molecule has 3 rings (SSSR count). The Hall–Kier alpha value is -2.60. The summed E-state index contributed by atoms with van der Waals surface area (Å²) in [5.41, 5.74) is 2.11. The van der Waals surface area contributed by atoms with Gasteiger partial charge in [0.1, 0.15) is 11.6 Å². The van der Waals surface area contributed by atoms with Crippen LogP contribution in [-0.2, 0) is 11.3 Å². The molecule has 5 nitrogen and oxygen atoms in total. The van der Waals surface area contributed by atoms with Gasteiger partial charge >= 0.3 is 5.97 Å². The molecule has 0 fully saturated rings. The van der Waals surface area contributed by atoms with Crippen LogP contribution in [0.4, 0.5) is 4.39 Å². The lowest BCUT2D eigenvalue weighted by molar-refractivity contribution is -0.136. The van der Waals surface area contributed by atoms with Gasteiger partial charge in [0, 0.05) is 36.6 Å². The summed E-state index contributed by atoms with van der Waals surface area (Å²) < 4.78 is 13.8. The molecule has 1 aromatic heterocycles. The second-order valence-corrected chi connectivity index (χ2v) is 6.31. The minimum Gasteiger partial charge on any atom is -0.481 e. The van der Waals surface area contributed by atoms with Gasteiger partial charge in [-0.25, -0.2) is 14.4 Å². The van der Waals surface area contributed by atoms with Gasteiger partial charge in [0.25, 0.3) is 0 Å². The molecule has 0 aliphatic carbocycles. The quantitative estimate of drug-likeness (QED) is 0.847. The Bertz CT molecular complexity index is 790. The number of hydrogen-bond acceptors (Lipinski definition) is 4. The highest BCUT2D eigenvalue weighted by Crippen LogP contribution is 2.23. The van der Waals surface area contributed by atoms with E-state index >= 15 is 0 Å². The van der Waals surface area contributed by atoms with E-state index in [1.165, 1.54) is 6.07 Å². The van der Waals surface area contributed by atoms with Gasteiger partial charge in [-0.3, -0.25) is 9.69 Å². The van der Waals surface area contributed by atoms with Gasteiger partial charge < -0.3 is 5.11 Å². The fraction of sp³-hybridized carbons (Fsp3) is 0.316. The van der Waals surface area contributed by atoms with Crippen molar-refractivity contribution in [3.63, 3.8) is 0 Å². The average molecular weight is 341 g/mol. The number of nitrogens with zero attached hydrogens (tertiary/aromatic N) is 3. The van der Waals surface area contributed by atoms with Crippen molar-refractivity contribution in [1.29, 1.82) is 0 Å².